The summed E-state index contributed by atoms with van der Waals surface area (Å²) in [4.78, 5) is 11.6. The van der Waals surface area contributed by atoms with E-state index in [1.54, 1.807) is 0 Å². The van der Waals surface area contributed by atoms with Crippen LogP contribution in [-0.2, 0) is 4.79 Å². The Morgan fingerprint density at radius 1 is 1.24 bits per heavy atom. The summed E-state index contributed by atoms with van der Waals surface area (Å²) in [6, 6.07) is 7.80. The minimum atomic E-state index is -0.0229. The maximum Gasteiger partial charge on any atom is 0.238 e. The first-order valence-corrected chi connectivity index (χ1v) is 7.24. The van der Waals surface area contributed by atoms with Crippen LogP contribution in [-0.4, -0.2) is 19.0 Å². The molecule has 21 heavy (non-hydrogen) atoms. The number of hydrogen-bond donors (Lipinski definition) is 2. The maximum absolute atomic E-state index is 11.6. The fourth-order valence-electron chi connectivity index (χ4n) is 1.65. The third-order valence-corrected chi connectivity index (χ3v) is 2.82. The molecule has 3 heteroatoms. The van der Waals surface area contributed by atoms with Gasteiger partial charge in [-0.3, -0.25) is 4.79 Å². The summed E-state index contributed by atoms with van der Waals surface area (Å²) in [6.45, 7) is 7.16. The molecule has 0 aromatic heterocycles. The highest BCUT2D eigenvalue weighted by Gasteiger charge is 2.00. The van der Waals surface area contributed by atoms with Crippen molar-refractivity contribution in [1.29, 1.82) is 0 Å². The summed E-state index contributed by atoms with van der Waals surface area (Å²) in [5, 5.41) is 5.84. The van der Waals surface area contributed by atoms with E-state index in [-0.39, 0.29) is 5.91 Å². The van der Waals surface area contributed by atoms with Crippen LogP contribution in [0.1, 0.15) is 26.3 Å². The maximum atomic E-state index is 11.6. The summed E-state index contributed by atoms with van der Waals surface area (Å²) in [5.41, 5.74) is 3.11. The summed E-state index contributed by atoms with van der Waals surface area (Å²) in [5.74, 6) is -0.0229. The molecule has 1 aromatic rings. The van der Waals surface area contributed by atoms with Crippen molar-refractivity contribution in [1.82, 2.24) is 5.32 Å². The minimum Gasteiger partial charge on any atom is -0.325 e. The first-order chi connectivity index (χ1) is 10.2. The molecule has 1 rings (SSSR count). The molecule has 0 saturated heterocycles. The summed E-state index contributed by atoms with van der Waals surface area (Å²) in [7, 11) is 0. The van der Waals surface area contributed by atoms with E-state index in [4.69, 9.17) is 0 Å². The highest BCUT2D eigenvalue weighted by Crippen LogP contribution is 2.11. The lowest BCUT2D eigenvalue weighted by atomic mass is 10.1. The molecule has 0 fully saturated rings. The van der Waals surface area contributed by atoms with Crippen LogP contribution in [0.3, 0.4) is 0 Å². The second kappa shape index (κ2) is 9.72. The zero-order valence-corrected chi connectivity index (χ0v) is 13.0. The number of amides is 1. The van der Waals surface area contributed by atoms with E-state index >= 15 is 0 Å². The zero-order valence-electron chi connectivity index (χ0n) is 13.0. The van der Waals surface area contributed by atoms with Crippen LogP contribution in [0.25, 0.3) is 6.08 Å². The highest BCUT2D eigenvalue weighted by atomic mass is 16.1. The van der Waals surface area contributed by atoms with Crippen molar-refractivity contribution in [3.63, 3.8) is 0 Å². The fourth-order valence-corrected chi connectivity index (χ4v) is 1.65. The van der Waals surface area contributed by atoms with Crippen molar-refractivity contribution in [2.24, 2.45) is 0 Å². The van der Waals surface area contributed by atoms with E-state index in [9.17, 15) is 4.79 Å². The van der Waals surface area contributed by atoms with Crippen molar-refractivity contribution in [3.8, 4) is 0 Å². The normalized spacial score (nSPS) is 12.2. The van der Waals surface area contributed by atoms with Crippen LogP contribution >= 0.6 is 0 Å². The Labute approximate surface area is 127 Å². The first kappa shape index (κ1) is 16.9. The van der Waals surface area contributed by atoms with Crippen molar-refractivity contribution >= 4 is 17.7 Å². The number of nitrogens with one attached hydrogen (secondary N) is 2. The molecule has 0 atom stereocenters. The Morgan fingerprint density at radius 3 is 2.57 bits per heavy atom. The molecule has 1 aromatic carbocycles. The lowest BCUT2D eigenvalue weighted by molar-refractivity contribution is -0.115. The molecule has 0 unspecified atom stereocenters. The van der Waals surface area contributed by atoms with E-state index in [2.05, 4.69) is 35.8 Å². The Kier molecular flexibility index (Phi) is 7.84. The van der Waals surface area contributed by atoms with Crippen LogP contribution < -0.4 is 10.6 Å². The SMILES string of the molecule is C\C=C/C=C(C)/C=C/c1ccc(NC(=O)CNCC)cc1. The van der Waals surface area contributed by atoms with E-state index in [0.29, 0.717) is 6.54 Å². The smallest absolute Gasteiger partial charge is 0.238 e. The molecule has 0 radical (unpaired) electrons. The molecule has 0 bridgehead atoms. The molecule has 0 spiro atoms. The standard InChI is InChI=1S/C18H24N2O/c1-4-6-7-15(3)8-9-16-10-12-17(13-11-16)20-18(21)14-19-5-2/h4,6-13,19H,5,14H2,1-3H3,(H,20,21)/b6-4-,9-8+,15-7+. The van der Waals surface area contributed by atoms with Gasteiger partial charge in [0.25, 0.3) is 0 Å². The van der Waals surface area contributed by atoms with Gasteiger partial charge in [-0.05, 0) is 38.1 Å². The molecule has 3 nitrogen and oxygen atoms in total. The van der Waals surface area contributed by atoms with Crippen LogP contribution in [0, 0.1) is 0 Å². The van der Waals surface area contributed by atoms with Crippen LogP contribution in [0.5, 0.6) is 0 Å². The molecule has 112 valence electrons. The van der Waals surface area contributed by atoms with Crippen molar-refractivity contribution < 1.29 is 4.79 Å². The predicted octanol–water partition coefficient (Wildman–Crippen LogP) is 3.77. The molecule has 2 N–H and O–H groups in total. The van der Waals surface area contributed by atoms with E-state index in [1.807, 2.05) is 50.3 Å². The zero-order chi connectivity index (χ0) is 15.5. The van der Waals surface area contributed by atoms with Gasteiger partial charge < -0.3 is 10.6 Å². The number of hydrogen-bond acceptors (Lipinski definition) is 2. The second-order valence-corrected chi connectivity index (χ2v) is 4.72. The Balaban J connectivity index is 2.58. The Hall–Kier alpha value is -2.13. The molecular weight excluding hydrogens is 260 g/mol. The lowest BCUT2D eigenvalue weighted by Crippen LogP contribution is -2.27. The number of anilines is 1. The van der Waals surface area contributed by atoms with Crippen molar-refractivity contribution in [2.45, 2.75) is 20.8 Å². The van der Waals surface area contributed by atoms with Gasteiger partial charge in [0.1, 0.15) is 0 Å². The van der Waals surface area contributed by atoms with Gasteiger partial charge in [0.2, 0.25) is 5.91 Å². The number of benzene rings is 1. The summed E-state index contributed by atoms with van der Waals surface area (Å²) in [6.07, 6.45) is 10.2. The Bertz CT molecular complexity index is 525. The molecule has 0 aliphatic carbocycles. The van der Waals surface area contributed by atoms with E-state index in [1.165, 1.54) is 5.57 Å². The van der Waals surface area contributed by atoms with Crippen LogP contribution in [0.4, 0.5) is 5.69 Å². The number of allylic oxidation sites excluding steroid dienone is 5. The van der Waals surface area contributed by atoms with Crippen LogP contribution in [0.2, 0.25) is 0 Å². The number of likely N-dealkylation sites (N-methyl/N-ethyl adjacent to an activating group) is 1. The van der Waals surface area contributed by atoms with Gasteiger partial charge in [-0.2, -0.15) is 0 Å². The topological polar surface area (TPSA) is 41.1 Å². The van der Waals surface area contributed by atoms with E-state index in [0.717, 1.165) is 17.8 Å². The van der Waals surface area contributed by atoms with Gasteiger partial charge in [0.15, 0.2) is 0 Å². The molecule has 0 aliphatic rings. The van der Waals surface area contributed by atoms with Gasteiger partial charge in [0, 0.05) is 5.69 Å². The number of carbonyl (C=O) groups excluding carboxylic acids is 1. The third kappa shape index (κ3) is 7.28. The van der Waals surface area contributed by atoms with Gasteiger partial charge in [-0.15, -0.1) is 0 Å². The highest BCUT2D eigenvalue weighted by molar-refractivity contribution is 5.92. The predicted molar refractivity (Wildman–Crippen MR) is 91.2 cm³/mol. The van der Waals surface area contributed by atoms with Crippen molar-refractivity contribution in [3.05, 3.63) is 59.7 Å². The average molecular weight is 284 g/mol. The molecule has 0 heterocycles. The Morgan fingerprint density at radius 2 is 1.95 bits per heavy atom. The monoisotopic (exact) mass is 284 g/mol. The number of rotatable bonds is 7. The molecule has 0 saturated carbocycles. The van der Waals surface area contributed by atoms with Gasteiger partial charge in [-0.25, -0.2) is 0 Å². The van der Waals surface area contributed by atoms with E-state index < -0.39 is 0 Å². The first-order valence-electron chi connectivity index (χ1n) is 7.24. The van der Waals surface area contributed by atoms with Gasteiger partial charge in [-0.1, -0.05) is 55.0 Å². The van der Waals surface area contributed by atoms with Gasteiger partial charge in [0.05, 0.1) is 6.54 Å². The fraction of sp³-hybridized carbons (Fsp3) is 0.278. The quantitative estimate of drug-likeness (QED) is 0.748. The summed E-state index contributed by atoms with van der Waals surface area (Å²) >= 11 is 0. The molecule has 1 amide bonds. The molecular formula is C18H24N2O. The van der Waals surface area contributed by atoms with Crippen molar-refractivity contribution in [2.75, 3.05) is 18.4 Å². The minimum absolute atomic E-state index is 0.0229. The van der Waals surface area contributed by atoms with Gasteiger partial charge >= 0.3 is 0 Å². The third-order valence-electron chi connectivity index (χ3n) is 2.82. The average Bonchev–Trinajstić information content (AvgIpc) is 2.50. The number of carbonyl (C=O) groups is 1. The van der Waals surface area contributed by atoms with Crippen LogP contribution in [0.15, 0.2) is 54.1 Å². The largest absolute Gasteiger partial charge is 0.325 e. The summed E-state index contributed by atoms with van der Waals surface area (Å²) < 4.78 is 0. The molecule has 0 aliphatic heterocycles. The second-order valence-electron chi connectivity index (χ2n) is 4.72. The lowest BCUT2D eigenvalue weighted by Gasteiger charge is -2.05.